The molecule has 0 saturated heterocycles. The number of hydrogen-bond acceptors (Lipinski definition) is 3. The smallest absolute Gasteiger partial charge is 0.0950 e. The zero-order valence-corrected chi connectivity index (χ0v) is 10.7. The van der Waals surface area contributed by atoms with Gasteiger partial charge in [-0.05, 0) is 36.6 Å². The average Bonchev–Trinajstić information content (AvgIpc) is 2.98. The van der Waals surface area contributed by atoms with Crippen molar-refractivity contribution in [3.63, 3.8) is 0 Å². The fraction of sp³-hybridized carbons (Fsp3) is 0.692. The first-order valence-corrected chi connectivity index (χ1v) is 7.01. The number of aliphatic hydroxyl groups excluding tert-OH is 1. The van der Waals surface area contributed by atoms with Crippen molar-refractivity contribution in [3.05, 3.63) is 22.4 Å². The molecule has 1 aliphatic carbocycles. The van der Waals surface area contributed by atoms with Gasteiger partial charge in [-0.25, -0.2) is 0 Å². The van der Waals surface area contributed by atoms with Crippen LogP contribution in [0.2, 0.25) is 0 Å². The van der Waals surface area contributed by atoms with E-state index in [1.54, 1.807) is 11.3 Å². The van der Waals surface area contributed by atoms with E-state index in [4.69, 9.17) is 5.73 Å². The molecular weight excluding hydrogens is 218 g/mol. The van der Waals surface area contributed by atoms with Gasteiger partial charge in [-0.3, -0.25) is 0 Å². The summed E-state index contributed by atoms with van der Waals surface area (Å²) in [6.45, 7) is 2.83. The molecule has 2 rings (SSSR count). The maximum atomic E-state index is 10.5. The van der Waals surface area contributed by atoms with Gasteiger partial charge in [0.1, 0.15) is 0 Å². The Morgan fingerprint density at radius 3 is 3.00 bits per heavy atom. The van der Waals surface area contributed by atoms with E-state index in [0.717, 1.165) is 23.6 Å². The zero-order chi connectivity index (χ0) is 11.6. The van der Waals surface area contributed by atoms with Gasteiger partial charge >= 0.3 is 0 Å². The van der Waals surface area contributed by atoms with Crippen molar-refractivity contribution in [2.24, 2.45) is 17.1 Å². The highest BCUT2D eigenvalue weighted by molar-refractivity contribution is 7.10. The molecule has 3 N–H and O–H groups in total. The molecule has 16 heavy (non-hydrogen) atoms. The molecule has 3 unspecified atom stereocenters. The molecule has 0 bridgehead atoms. The van der Waals surface area contributed by atoms with Gasteiger partial charge in [0.15, 0.2) is 0 Å². The number of rotatable bonds is 4. The van der Waals surface area contributed by atoms with Gasteiger partial charge in [0.2, 0.25) is 0 Å². The van der Waals surface area contributed by atoms with Crippen LogP contribution < -0.4 is 5.73 Å². The van der Waals surface area contributed by atoms with Gasteiger partial charge in [-0.15, -0.1) is 11.3 Å². The van der Waals surface area contributed by atoms with Crippen molar-refractivity contribution in [2.75, 3.05) is 6.54 Å². The molecule has 1 aromatic rings. The molecule has 1 aliphatic rings. The van der Waals surface area contributed by atoms with E-state index < -0.39 is 0 Å². The minimum Gasteiger partial charge on any atom is -0.387 e. The first-order chi connectivity index (χ1) is 7.72. The number of nitrogens with two attached hydrogens (primary N) is 1. The van der Waals surface area contributed by atoms with Gasteiger partial charge in [-0.1, -0.05) is 19.4 Å². The Morgan fingerprint density at radius 2 is 2.50 bits per heavy atom. The molecule has 2 nitrogen and oxygen atoms in total. The van der Waals surface area contributed by atoms with Crippen LogP contribution in [0.25, 0.3) is 0 Å². The highest BCUT2D eigenvalue weighted by atomic mass is 32.1. The minimum atomic E-state index is -0.367. The fourth-order valence-corrected chi connectivity index (χ4v) is 3.76. The number of hydrogen-bond donors (Lipinski definition) is 2. The Bertz CT molecular complexity index is 325. The predicted molar refractivity (Wildman–Crippen MR) is 68.4 cm³/mol. The second kappa shape index (κ2) is 4.86. The van der Waals surface area contributed by atoms with Crippen LogP contribution in [-0.2, 0) is 0 Å². The molecule has 0 spiro atoms. The van der Waals surface area contributed by atoms with Gasteiger partial charge in [0.05, 0.1) is 6.10 Å². The van der Waals surface area contributed by atoms with Crippen LogP contribution in [0.15, 0.2) is 17.5 Å². The molecule has 1 aromatic heterocycles. The third-order valence-corrected chi connectivity index (χ3v) is 5.05. The Labute approximate surface area is 101 Å². The summed E-state index contributed by atoms with van der Waals surface area (Å²) in [7, 11) is 0. The average molecular weight is 239 g/mol. The standard InChI is InChI=1S/C13H21NOS/c1-2-10-5-6-13(8-10,9-14)12(15)11-4-3-7-16-11/h3-4,7,10,12,15H,2,5-6,8-9,14H2,1H3. The summed E-state index contributed by atoms with van der Waals surface area (Å²) in [5.74, 6) is 0.748. The summed E-state index contributed by atoms with van der Waals surface area (Å²) in [6, 6.07) is 4.02. The van der Waals surface area contributed by atoms with E-state index in [2.05, 4.69) is 6.92 Å². The summed E-state index contributed by atoms with van der Waals surface area (Å²) in [5, 5.41) is 12.5. The van der Waals surface area contributed by atoms with Gasteiger partial charge in [0, 0.05) is 16.8 Å². The van der Waals surface area contributed by atoms with E-state index in [0.29, 0.717) is 6.54 Å². The quantitative estimate of drug-likeness (QED) is 0.848. The Hall–Kier alpha value is -0.380. The largest absolute Gasteiger partial charge is 0.387 e. The van der Waals surface area contributed by atoms with Crippen molar-refractivity contribution in [3.8, 4) is 0 Å². The minimum absolute atomic E-state index is 0.0640. The molecule has 1 heterocycles. The lowest BCUT2D eigenvalue weighted by Gasteiger charge is -2.32. The Kier molecular flexibility index (Phi) is 3.67. The molecule has 0 radical (unpaired) electrons. The van der Waals surface area contributed by atoms with Crippen LogP contribution >= 0.6 is 11.3 Å². The summed E-state index contributed by atoms with van der Waals surface area (Å²) in [5.41, 5.74) is 5.87. The molecular formula is C13H21NOS. The van der Waals surface area contributed by atoms with Crippen LogP contribution in [0.3, 0.4) is 0 Å². The van der Waals surface area contributed by atoms with E-state index >= 15 is 0 Å². The highest BCUT2D eigenvalue weighted by Gasteiger charge is 2.43. The Morgan fingerprint density at radius 1 is 1.69 bits per heavy atom. The van der Waals surface area contributed by atoms with E-state index in [-0.39, 0.29) is 11.5 Å². The summed E-state index contributed by atoms with van der Waals surface area (Å²) in [6.07, 6.45) is 4.21. The van der Waals surface area contributed by atoms with E-state index in [1.807, 2.05) is 17.5 Å². The first-order valence-electron chi connectivity index (χ1n) is 6.13. The molecule has 90 valence electrons. The lowest BCUT2D eigenvalue weighted by atomic mass is 9.78. The van der Waals surface area contributed by atoms with E-state index in [9.17, 15) is 5.11 Å². The molecule has 3 heteroatoms. The molecule has 1 saturated carbocycles. The van der Waals surface area contributed by atoms with Crippen LogP contribution in [-0.4, -0.2) is 11.7 Å². The van der Waals surface area contributed by atoms with Crippen molar-refractivity contribution >= 4 is 11.3 Å². The van der Waals surface area contributed by atoms with Crippen LogP contribution in [0.5, 0.6) is 0 Å². The van der Waals surface area contributed by atoms with E-state index in [1.165, 1.54) is 12.8 Å². The molecule has 0 amide bonds. The van der Waals surface area contributed by atoms with Crippen molar-refractivity contribution in [2.45, 2.75) is 38.7 Å². The monoisotopic (exact) mass is 239 g/mol. The van der Waals surface area contributed by atoms with Crippen LogP contribution in [0, 0.1) is 11.3 Å². The predicted octanol–water partition coefficient (Wildman–Crippen LogP) is 2.94. The molecule has 0 aromatic carbocycles. The summed E-state index contributed by atoms with van der Waals surface area (Å²) < 4.78 is 0. The third-order valence-electron chi connectivity index (χ3n) is 4.12. The number of thiophene rings is 1. The van der Waals surface area contributed by atoms with Gasteiger partial charge in [-0.2, -0.15) is 0 Å². The third kappa shape index (κ3) is 2.04. The number of aliphatic hydroxyl groups is 1. The van der Waals surface area contributed by atoms with Crippen molar-refractivity contribution in [1.29, 1.82) is 0 Å². The fourth-order valence-electron chi connectivity index (χ4n) is 2.91. The second-order valence-electron chi connectivity index (χ2n) is 5.00. The Balaban J connectivity index is 2.16. The summed E-state index contributed by atoms with van der Waals surface area (Å²) in [4.78, 5) is 1.07. The molecule has 0 aliphatic heterocycles. The summed E-state index contributed by atoms with van der Waals surface area (Å²) >= 11 is 1.64. The van der Waals surface area contributed by atoms with Gasteiger partial charge < -0.3 is 10.8 Å². The van der Waals surface area contributed by atoms with Gasteiger partial charge in [0.25, 0.3) is 0 Å². The van der Waals surface area contributed by atoms with Crippen LogP contribution in [0.4, 0.5) is 0 Å². The highest BCUT2D eigenvalue weighted by Crippen LogP contribution is 2.50. The first kappa shape index (κ1) is 12.1. The lowest BCUT2D eigenvalue weighted by molar-refractivity contribution is 0.0329. The second-order valence-corrected chi connectivity index (χ2v) is 5.98. The maximum Gasteiger partial charge on any atom is 0.0950 e. The van der Waals surface area contributed by atoms with Crippen molar-refractivity contribution in [1.82, 2.24) is 0 Å². The van der Waals surface area contributed by atoms with Crippen LogP contribution in [0.1, 0.15) is 43.6 Å². The van der Waals surface area contributed by atoms with Crippen molar-refractivity contribution < 1.29 is 5.11 Å². The topological polar surface area (TPSA) is 46.2 Å². The normalized spacial score (nSPS) is 31.8. The zero-order valence-electron chi connectivity index (χ0n) is 9.86. The maximum absolute atomic E-state index is 10.5. The SMILES string of the molecule is CCC1CCC(CN)(C(O)c2cccs2)C1. The molecule has 1 fully saturated rings. The lowest BCUT2D eigenvalue weighted by Crippen LogP contribution is -2.34. The molecule has 3 atom stereocenters.